The summed E-state index contributed by atoms with van der Waals surface area (Å²) in [5.41, 5.74) is 4.25. The van der Waals surface area contributed by atoms with Crippen LogP contribution in [0, 0.1) is 0 Å². The molecule has 0 aromatic rings. The van der Waals surface area contributed by atoms with Gasteiger partial charge >= 0.3 is 5.97 Å². The number of rotatable bonds is 1. The number of aliphatic hydroxyl groups is 1. The smallest absolute Gasteiger partial charge is 0.326 e. The summed E-state index contributed by atoms with van der Waals surface area (Å²) in [6.45, 7) is 0. The zero-order valence-electron chi connectivity index (χ0n) is 7.70. The average molecular weight is 187 g/mol. The number of hydrogen-bond acceptors (Lipinski definition) is 3. The molecule has 0 spiro atoms. The van der Waals surface area contributed by atoms with Gasteiger partial charge in [0.25, 0.3) is 0 Å². The fraction of sp³-hybridized carbons (Fsp3) is 0.889. The summed E-state index contributed by atoms with van der Waals surface area (Å²) in [7, 11) is 0. The van der Waals surface area contributed by atoms with Gasteiger partial charge in [0.1, 0.15) is 5.54 Å². The second kappa shape index (κ2) is 4.07. The minimum Gasteiger partial charge on any atom is -0.480 e. The fourth-order valence-corrected chi connectivity index (χ4v) is 1.78. The Balaban J connectivity index is 2.71. The maximum Gasteiger partial charge on any atom is 0.326 e. The van der Waals surface area contributed by atoms with Gasteiger partial charge in [-0.3, -0.25) is 4.79 Å². The highest BCUT2D eigenvalue weighted by Gasteiger charge is 2.41. The van der Waals surface area contributed by atoms with Gasteiger partial charge in [0, 0.05) is 0 Å². The van der Waals surface area contributed by atoms with E-state index in [2.05, 4.69) is 0 Å². The number of carbonyl (C=O) groups is 1. The predicted molar refractivity (Wildman–Crippen MR) is 48.3 cm³/mol. The summed E-state index contributed by atoms with van der Waals surface area (Å²) in [4.78, 5) is 10.9. The normalized spacial score (nSPS) is 36.3. The molecule has 1 fully saturated rings. The first-order chi connectivity index (χ1) is 6.07. The Morgan fingerprint density at radius 1 is 1.31 bits per heavy atom. The molecular formula is C9H17NO3. The van der Waals surface area contributed by atoms with Crippen molar-refractivity contribution >= 4 is 5.97 Å². The minimum atomic E-state index is -1.42. The fourth-order valence-electron chi connectivity index (χ4n) is 1.78. The van der Waals surface area contributed by atoms with Gasteiger partial charge in [-0.05, 0) is 12.8 Å². The molecule has 76 valence electrons. The summed E-state index contributed by atoms with van der Waals surface area (Å²) in [6.07, 6.45) is 3.72. The summed E-state index contributed by atoms with van der Waals surface area (Å²) >= 11 is 0. The Morgan fingerprint density at radius 3 is 2.54 bits per heavy atom. The highest BCUT2D eigenvalue weighted by atomic mass is 16.4. The standard InChI is InChI=1S/C9H17NO3/c10-9(8(12)13)6-4-2-1-3-5-7(9)11/h7,11H,1-6,10H2,(H,12,13). The Labute approximate surface area is 77.7 Å². The highest BCUT2D eigenvalue weighted by Crippen LogP contribution is 2.24. The van der Waals surface area contributed by atoms with Gasteiger partial charge in [0.05, 0.1) is 6.10 Å². The molecule has 0 aliphatic heterocycles. The molecule has 4 N–H and O–H groups in total. The van der Waals surface area contributed by atoms with Crippen molar-refractivity contribution in [1.82, 2.24) is 0 Å². The summed E-state index contributed by atoms with van der Waals surface area (Å²) in [5.74, 6) is -1.08. The van der Waals surface area contributed by atoms with E-state index in [4.69, 9.17) is 10.8 Å². The van der Waals surface area contributed by atoms with Crippen LogP contribution < -0.4 is 5.73 Å². The van der Waals surface area contributed by atoms with Crippen LogP contribution >= 0.6 is 0 Å². The third kappa shape index (κ3) is 2.19. The van der Waals surface area contributed by atoms with Crippen LogP contribution in [-0.4, -0.2) is 27.8 Å². The topological polar surface area (TPSA) is 83.6 Å². The first-order valence-corrected chi connectivity index (χ1v) is 4.78. The van der Waals surface area contributed by atoms with E-state index in [0.29, 0.717) is 12.8 Å². The molecule has 0 radical (unpaired) electrons. The number of aliphatic carboxylic acids is 1. The van der Waals surface area contributed by atoms with E-state index in [1.54, 1.807) is 0 Å². The van der Waals surface area contributed by atoms with Crippen LogP contribution in [0.15, 0.2) is 0 Å². The van der Waals surface area contributed by atoms with Crippen molar-refractivity contribution in [1.29, 1.82) is 0 Å². The number of carboxylic acid groups (broad SMARTS) is 1. The van der Waals surface area contributed by atoms with Crippen LogP contribution in [0.2, 0.25) is 0 Å². The van der Waals surface area contributed by atoms with E-state index in [-0.39, 0.29) is 0 Å². The van der Waals surface area contributed by atoms with Gasteiger partial charge in [-0.2, -0.15) is 0 Å². The first kappa shape index (κ1) is 10.5. The van der Waals surface area contributed by atoms with E-state index in [0.717, 1.165) is 25.7 Å². The van der Waals surface area contributed by atoms with Crippen molar-refractivity contribution in [3.63, 3.8) is 0 Å². The second-order valence-corrected chi connectivity index (χ2v) is 3.81. The maximum absolute atomic E-state index is 10.9. The molecule has 1 aliphatic rings. The number of aliphatic hydroxyl groups excluding tert-OH is 1. The Hall–Kier alpha value is -0.610. The third-order valence-corrected chi connectivity index (χ3v) is 2.81. The lowest BCUT2D eigenvalue weighted by molar-refractivity contribution is -0.149. The molecule has 4 nitrogen and oxygen atoms in total. The van der Waals surface area contributed by atoms with Gasteiger partial charge in [-0.25, -0.2) is 0 Å². The zero-order valence-corrected chi connectivity index (χ0v) is 7.70. The van der Waals surface area contributed by atoms with Crippen LogP contribution in [0.4, 0.5) is 0 Å². The molecule has 2 unspecified atom stereocenters. The molecule has 1 rings (SSSR count). The molecule has 0 aromatic carbocycles. The summed E-state index contributed by atoms with van der Waals surface area (Å²) in [5, 5.41) is 18.5. The zero-order chi connectivity index (χ0) is 9.90. The molecule has 0 amide bonds. The van der Waals surface area contributed by atoms with Crippen LogP contribution in [-0.2, 0) is 4.79 Å². The Kier molecular flexibility index (Phi) is 3.27. The average Bonchev–Trinajstić information content (AvgIpc) is 2.07. The van der Waals surface area contributed by atoms with Crippen LogP contribution in [0.5, 0.6) is 0 Å². The van der Waals surface area contributed by atoms with Crippen molar-refractivity contribution in [2.45, 2.75) is 50.2 Å². The van der Waals surface area contributed by atoms with Crippen molar-refractivity contribution < 1.29 is 15.0 Å². The highest BCUT2D eigenvalue weighted by molar-refractivity contribution is 5.79. The van der Waals surface area contributed by atoms with E-state index < -0.39 is 17.6 Å². The third-order valence-electron chi connectivity index (χ3n) is 2.81. The van der Waals surface area contributed by atoms with Gasteiger partial charge in [-0.1, -0.05) is 25.7 Å². The lowest BCUT2D eigenvalue weighted by atomic mass is 9.82. The van der Waals surface area contributed by atoms with E-state index in [1.165, 1.54) is 0 Å². The number of nitrogens with two attached hydrogens (primary N) is 1. The van der Waals surface area contributed by atoms with E-state index in [1.807, 2.05) is 0 Å². The summed E-state index contributed by atoms with van der Waals surface area (Å²) < 4.78 is 0. The quantitative estimate of drug-likeness (QED) is 0.557. The summed E-state index contributed by atoms with van der Waals surface area (Å²) in [6, 6.07) is 0. The van der Waals surface area contributed by atoms with Crippen molar-refractivity contribution in [2.75, 3.05) is 0 Å². The Bertz CT molecular complexity index is 195. The molecule has 2 atom stereocenters. The molecule has 13 heavy (non-hydrogen) atoms. The molecule has 0 heterocycles. The predicted octanol–water partition coefficient (Wildman–Crippen LogP) is 0.484. The second-order valence-electron chi connectivity index (χ2n) is 3.81. The van der Waals surface area contributed by atoms with Gasteiger partial charge < -0.3 is 15.9 Å². The molecule has 1 saturated carbocycles. The van der Waals surface area contributed by atoms with Crippen LogP contribution in [0.1, 0.15) is 38.5 Å². The Morgan fingerprint density at radius 2 is 1.92 bits per heavy atom. The number of hydrogen-bond donors (Lipinski definition) is 3. The van der Waals surface area contributed by atoms with Crippen molar-refractivity contribution in [3.05, 3.63) is 0 Å². The molecular weight excluding hydrogens is 170 g/mol. The van der Waals surface area contributed by atoms with Crippen LogP contribution in [0.25, 0.3) is 0 Å². The molecule has 0 aromatic heterocycles. The van der Waals surface area contributed by atoms with Crippen molar-refractivity contribution in [2.24, 2.45) is 5.73 Å². The molecule has 1 aliphatic carbocycles. The van der Waals surface area contributed by atoms with Gasteiger partial charge in [0.15, 0.2) is 0 Å². The van der Waals surface area contributed by atoms with Crippen molar-refractivity contribution in [3.8, 4) is 0 Å². The monoisotopic (exact) mass is 187 g/mol. The van der Waals surface area contributed by atoms with E-state index >= 15 is 0 Å². The minimum absolute atomic E-state index is 0.378. The lowest BCUT2D eigenvalue weighted by Gasteiger charge is -2.31. The first-order valence-electron chi connectivity index (χ1n) is 4.78. The number of carboxylic acids is 1. The molecule has 4 heteroatoms. The van der Waals surface area contributed by atoms with Gasteiger partial charge in [0.2, 0.25) is 0 Å². The van der Waals surface area contributed by atoms with Crippen LogP contribution in [0.3, 0.4) is 0 Å². The largest absolute Gasteiger partial charge is 0.480 e. The van der Waals surface area contributed by atoms with Gasteiger partial charge in [-0.15, -0.1) is 0 Å². The SMILES string of the molecule is NC1(C(=O)O)CCCCCCC1O. The molecule has 0 saturated heterocycles. The van der Waals surface area contributed by atoms with E-state index in [9.17, 15) is 9.90 Å². The lowest BCUT2D eigenvalue weighted by Crippen LogP contribution is -2.57. The maximum atomic E-state index is 10.9. The molecule has 0 bridgehead atoms.